The topological polar surface area (TPSA) is 81.7 Å². The van der Waals surface area contributed by atoms with E-state index in [4.69, 9.17) is 9.15 Å². The van der Waals surface area contributed by atoms with Crippen LogP contribution in [0.1, 0.15) is 12.2 Å². The maximum absolute atomic E-state index is 13.9. The summed E-state index contributed by atoms with van der Waals surface area (Å²) < 4.78 is 26.2. The van der Waals surface area contributed by atoms with Gasteiger partial charge in [0.15, 0.2) is 0 Å². The van der Waals surface area contributed by atoms with Gasteiger partial charge in [0.05, 0.1) is 22.7 Å². The molecule has 0 unspecified atom stereocenters. The molecule has 4 aromatic rings. The van der Waals surface area contributed by atoms with Crippen molar-refractivity contribution in [1.29, 1.82) is 0 Å². The van der Waals surface area contributed by atoms with E-state index in [1.54, 1.807) is 55.6 Å². The van der Waals surface area contributed by atoms with E-state index in [0.29, 0.717) is 53.5 Å². The average molecular weight is 420 g/mol. The second-order valence-corrected chi connectivity index (χ2v) is 6.81. The van der Waals surface area contributed by atoms with Crippen LogP contribution < -0.4 is 11.0 Å². The number of aromatic nitrogens is 2. The number of nitrogens with zero attached hydrogens (tertiary/aromatic N) is 3. The predicted molar refractivity (Wildman–Crippen MR) is 118 cm³/mol. The van der Waals surface area contributed by atoms with Crippen LogP contribution in [-0.2, 0) is 11.3 Å². The van der Waals surface area contributed by atoms with Gasteiger partial charge in [0.1, 0.15) is 17.3 Å². The highest BCUT2D eigenvalue weighted by Crippen LogP contribution is 2.24. The lowest BCUT2D eigenvalue weighted by molar-refractivity contribution is 0.190. The molecule has 31 heavy (non-hydrogen) atoms. The van der Waals surface area contributed by atoms with Crippen molar-refractivity contribution in [2.75, 3.05) is 19.1 Å². The summed E-state index contributed by atoms with van der Waals surface area (Å²) in [5, 5.41) is 4.70. The standard InChI is InChI=1S/C23H21FN4O3/c1-30-14-6-13-28-22(29)18-8-3-5-10-20(18)26-23(28)27-25-15-16-11-12-21(31-16)17-7-2-4-9-19(17)24/h2-5,7-12,15H,6,13-14H2,1H3,(H,26,27)/b25-15-. The zero-order valence-corrected chi connectivity index (χ0v) is 16.9. The smallest absolute Gasteiger partial charge is 0.262 e. The van der Waals surface area contributed by atoms with Crippen LogP contribution in [0.25, 0.3) is 22.2 Å². The first-order valence-corrected chi connectivity index (χ1v) is 9.79. The number of nitrogens with one attached hydrogen (secondary N) is 1. The summed E-state index contributed by atoms with van der Waals surface area (Å²) in [4.78, 5) is 17.4. The third-order valence-corrected chi connectivity index (χ3v) is 4.71. The summed E-state index contributed by atoms with van der Waals surface area (Å²) in [7, 11) is 1.61. The fourth-order valence-corrected chi connectivity index (χ4v) is 3.21. The second kappa shape index (κ2) is 9.36. The van der Waals surface area contributed by atoms with Gasteiger partial charge < -0.3 is 9.15 Å². The van der Waals surface area contributed by atoms with Crippen LogP contribution in [-0.4, -0.2) is 29.5 Å². The van der Waals surface area contributed by atoms with Gasteiger partial charge in [0.25, 0.3) is 5.56 Å². The summed E-state index contributed by atoms with van der Waals surface area (Å²) in [5.74, 6) is 0.788. The number of furan rings is 1. The number of halogens is 1. The first-order valence-electron chi connectivity index (χ1n) is 9.79. The molecule has 0 saturated carbocycles. The zero-order valence-electron chi connectivity index (χ0n) is 16.9. The van der Waals surface area contributed by atoms with E-state index < -0.39 is 0 Å². The number of ether oxygens (including phenoxy) is 1. The molecule has 7 nitrogen and oxygen atoms in total. The minimum Gasteiger partial charge on any atom is -0.455 e. The SMILES string of the molecule is COCCCn1c(N/N=C\c2ccc(-c3ccccc3F)o2)nc2ccccc2c1=O. The van der Waals surface area contributed by atoms with Crippen molar-refractivity contribution in [2.45, 2.75) is 13.0 Å². The maximum Gasteiger partial charge on any atom is 0.262 e. The van der Waals surface area contributed by atoms with Crippen LogP contribution in [0.5, 0.6) is 0 Å². The lowest BCUT2D eigenvalue weighted by Gasteiger charge is -2.12. The van der Waals surface area contributed by atoms with Crippen LogP contribution in [0.4, 0.5) is 10.3 Å². The number of anilines is 1. The molecule has 0 aliphatic rings. The molecule has 2 aromatic carbocycles. The van der Waals surface area contributed by atoms with Crippen LogP contribution in [0.3, 0.4) is 0 Å². The number of benzene rings is 2. The summed E-state index contributed by atoms with van der Waals surface area (Å²) >= 11 is 0. The van der Waals surface area contributed by atoms with Crippen LogP contribution >= 0.6 is 0 Å². The Morgan fingerprint density at radius 1 is 1.16 bits per heavy atom. The van der Waals surface area contributed by atoms with E-state index in [-0.39, 0.29) is 11.4 Å². The second-order valence-electron chi connectivity index (χ2n) is 6.81. The van der Waals surface area contributed by atoms with Crippen molar-refractivity contribution in [3.8, 4) is 11.3 Å². The van der Waals surface area contributed by atoms with Crippen molar-refractivity contribution in [1.82, 2.24) is 9.55 Å². The van der Waals surface area contributed by atoms with Crippen molar-refractivity contribution in [2.24, 2.45) is 5.10 Å². The van der Waals surface area contributed by atoms with Crippen molar-refractivity contribution < 1.29 is 13.5 Å². The largest absolute Gasteiger partial charge is 0.455 e. The van der Waals surface area contributed by atoms with E-state index in [1.165, 1.54) is 16.8 Å². The Hall–Kier alpha value is -3.78. The minimum atomic E-state index is -0.362. The molecule has 4 rings (SSSR count). The molecule has 0 radical (unpaired) electrons. The quantitative estimate of drug-likeness (QED) is 0.261. The van der Waals surface area contributed by atoms with Gasteiger partial charge in [-0.2, -0.15) is 5.10 Å². The maximum atomic E-state index is 13.9. The molecule has 0 amide bonds. The lowest BCUT2D eigenvalue weighted by atomic mass is 10.1. The fraction of sp³-hybridized carbons (Fsp3) is 0.174. The molecule has 158 valence electrons. The van der Waals surface area contributed by atoms with Crippen LogP contribution in [0.15, 0.2) is 75.0 Å². The monoisotopic (exact) mass is 420 g/mol. The van der Waals surface area contributed by atoms with Crippen molar-refractivity contribution in [3.05, 3.63) is 82.6 Å². The van der Waals surface area contributed by atoms with Crippen molar-refractivity contribution in [3.63, 3.8) is 0 Å². The zero-order chi connectivity index (χ0) is 21.6. The number of hydrogen-bond donors (Lipinski definition) is 1. The Bertz CT molecular complexity index is 1280. The van der Waals surface area contributed by atoms with E-state index >= 15 is 0 Å². The lowest BCUT2D eigenvalue weighted by Crippen LogP contribution is -2.24. The van der Waals surface area contributed by atoms with Crippen molar-refractivity contribution >= 4 is 23.1 Å². The van der Waals surface area contributed by atoms with Crippen LogP contribution in [0, 0.1) is 5.82 Å². The summed E-state index contributed by atoms with van der Waals surface area (Å²) in [5.41, 5.74) is 3.63. The molecular formula is C23H21FN4O3. The first kappa shape index (κ1) is 20.5. The number of hydrogen-bond acceptors (Lipinski definition) is 6. The van der Waals surface area contributed by atoms with E-state index in [0.717, 1.165) is 0 Å². The van der Waals surface area contributed by atoms with E-state index in [1.807, 2.05) is 6.07 Å². The Morgan fingerprint density at radius 2 is 1.97 bits per heavy atom. The van der Waals surface area contributed by atoms with Gasteiger partial charge in [-0.05, 0) is 42.8 Å². The molecule has 0 aliphatic carbocycles. The predicted octanol–water partition coefficient (Wildman–Crippen LogP) is 4.28. The molecule has 2 aromatic heterocycles. The highest BCUT2D eigenvalue weighted by molar-refractivity contribution is 5.80. The van der Waals surface area contributed by atoms with Gasteiger partial charge in [-0.15, -0.1) is 0 Å². The van der Waals surface area contributed by atoms with E-state index in [2.05, 4.69) is 15.5 Å². The number of fused-ring (bicyclic) bond motifs is 1. The molecule has 2 heterocycles. The van der Waals surface area contributed by atoms with Gasteiger partial charge in [0, 0.05) is 20.3 Å². The minimum absolute atomic E-state index is 0.153. The van der Waals surface area contributed by atoms with Gasteiger partial charge in [-0.25, -0.2) is 14.8 Å². The highest BCUT2D eigenvalue weighted by atomic mass is 19.1. The number of hydrazone groups is 1. The summed E-state index contributed by atoms with van der Waals surface area (Å²) in [6, 6.07) is 16.9. The highest BCUT2D eigenvalue weighted by Gasteiger charge is 2.11. The molecule has 8 heteroatoms. The molecular weight excluding hydrogens is 399 g/mol. The Labute approximate surface area is 177 Å². The van der Waals surface area contributed by atoms with Crippen LogP contribution in [0.2, 0.25) is 0 Å². The van der Waals surface area contributed by atoms with Gasteiger partial charge in [-0.1, -0.05) is 24.3 Å². The molecule has 0 bridgehead atoms. The molecule has 0 spiro atoms. The molecule has 1 N–H and O–H groups in total. The Morgan fingerprint density at radius 3 is 2.81 bits per heavy atom. The summed E-state index contributed by atoms with van der Waals surface area (Å²) in [6.07, 6.45) is 2.10. The third kappa shape index (κ3) is 4.54. The molecule has 0 atom stereocenters. The number of methoxy groups -OCH3 is 1. The molecule has 0 saturated heterocycles. The Balaban J connectivity index is 1.58. The molecule has 0 fully saturated rings. The Kier molecular flexibility index (Phi) is 6.18. The normalized spacial score (nSPS) is 11.4. The number of rotatable bonds is 8. The molecule has 0 aliphatic heterocycles. The van der Waals surface area contributed by atoms with E-state index in [9.17, 15) is 9.18 Å². The third-order valence-electron chi connectivity index (χ3n) is 4.71. The average Bonchev–Trinajstić information content (AvgIpc) is 3.25. The summed E-state index contributed by atoms with van der Waals surface area (Å²) in [6.45, 7) is 0.952. The van der Waals surface area contributed by atoms with Gasteiger partial charge in [0.2, 0.25) is 5.95 Å². The fourth-order valence-electron chi connectivity index (χ4n) is 3.21. The van der Waals surface area contributed by atoms with Gasteiger partial charge >= 0.3 is 0 Å². The van der Waals surface area contributed by atoms with Gasteiger partial charge in [-0.3, -0.25) is 9.36 Å². The number of para-hydroxylation sites is 1. The first-order chi connectivity index (χ1) is 15.2.